The van der Waals surface area contributed by atoms with Gasteiger partial charge < -0.3 is 10.1 Å². The minimum atomic E-state index is -4.62. The third-order valence-corrected chi connectivity index (χ3v) is 5.02. The summed E-state index contributed by atoms with van der Waals surface area (Å²) in [7, 11) is 1.18. The molecule has 1 atom stereocenters. The van der Waals surface area contributed by atoms with Crippen molar-refractivity contribution in [1.29, 1.82) is 0 Å². The van der Waals surface area contributed by atoms with E-state index in [0.717, 1.165) is 0 Å². The second-order valence-corrected chi connectivity index (χ2v) is 7.13. The number of amides is 1. The van der Waals surface area contributed by atoms with Crippen LogP contribution in [-0.2, 0) is 32.8 Å². The van der Waals surface area contributed by atoms with E-state index in [2.05, 4.69) is 25.5 Å². The van der Waals surface area contributed by atoms with Gasteiger partial charge in [0.05, 0.1) is 25.4 Å². The molecule has 166 valence electrons. The summed E-state index contributed by atoms with van der Waals surface area (Å²) in [4.78, 5) is 32.9. The highest BCUT2D eigenvalue weighted by atomic mass is 19.4. The molecule has 3 aromatic rings. The number of hydrogen-bond donors (Lipinski definition) is 1. The number of imidazole rings is 1. The number of methoxy groups -OCH3 is 1. The van der Waals surface area contributed by atoms with Gasteiger partial charge in [-0.05, 0) is 11.6 Å². The SMILES string of the molecule is COC(=O)C(Cc1ccc(C2(C(F)(F)F)N=N2)cc1)NC(=O)Cc1cnc2ncccn12. The Hall–Kier alpha value is -3.83. The van der Waals surface area contributed by atoms with Crippen molar-refractivity contribution in [1.82, 2.24) is 19.7 Å². The highest BCUT2D eigenvalue weighted by molar-refractivity contribution is 5.85. The van der Waals surface area contributed by atoms with E-state index < -0.39 is 29.8 Å². The standard InChI is InChI=1S/C20H17F3N6O3/c1-32-17(31)15(26-16(30)10-14-11-25-18-24-7-2-8-29(14)18)9-12-3-5-13(6-4-12)19(27-28-19)20(21,22)23/h2-8,11,15H,9-10H2,1H3,(H,26,30). The summed E-state index contributed by atoms with van der Waals surface area (Å²) in [5.74, 6) is -0.693. The highest BCUT2D eigenvalue weighted by Crippen LogP contribution is 2.52. The Morgan fingerprint density at radius 3 is 2.53 bits per heavy atom. The smallest absolute Gasteiger partial charge is 0.442 e. The monoisotopic (exact) mass is 446 g/mol. The normalized spacial score (nSPS) is 15.4. The van der Waals surface area contributed by atoms with E-state index in [0.29, 0.717) is 17.0 Å². The Morgan fingerprint density at radius 1 is 1.19 bits per heavy atom. The number of halogens is 3. The topological polar surface area (TPSA) is 110 Å². The predicted octanol–water partition coefficient (Wildman–Crippen LogP) is 2.35. The first-order valence-electron chi connectivity index (χ1n) is 9.48. The van der Waals surface area contributed by atoms with Gasteiger partial charge in [-0.3, -0.25) is 9.20 Å². The van der Waals surface area contributed by atoms with Crippen LogP contribution in [0.3, 0.4) is 0 Å². The number of fused-ring (bicyclic) bond motifs is 1. The lowest BCUT2D eigenvalue weighted by Crippen LogP contribution is -2.43. The molecule has 12 heteroatoms. The summed E-state index contributed by atoms with van der Waals surface area (Å²) in [6.45, 7) is 0. The number of aromatic nitrogens is 3. The van der Waals surface area contributed by atoms with Gasteiger partial charge in [0.15, 0.2) is 0 Å². The minimum Gasteiger partial charge on any atom is -0.467 e. The molecule has 3 heterocycles. The van der Waals surface area contributed by atoms with E-state index in [-0.39, 0.29) is 18.4 Å². The van der Waals surface area contributed by atoms with Crippen LogP contribution in [0.1, 0.15) is 16.8 Å². The molecule has 0 radical (unpaired) electrons. The van der Waals surface area contributed by atoms with Crippen LogP contribution in [0, 0.1) is 0 Å². The number of benzene rings is 1. The number of esters is 1. The lowest BCUT2D eigenvalue weighted by atomic mass is 9.98. The van der Waals surface area contributed by atoms with Crippen molar-refractivity contribution >= 4 is 17.7 Å². The Labute approximate surface area is 179 Å². The van der Waals surface area contributed by atoms with Crippen molar-refractivity contribution in [3.8, 4) is 0 Å². The number of rotatable bonds is 7. The fourth-order valence-electron chi connectivity index (χ4n) is 3.30. The van der Waals surface area contributed by atoms with Gasteiger partial charge in [0.2, 0.25) is 11.7 Å². The van der Waals surface area contributed by atoms with Gasteiger partial charge in [-0.1, -0.05) is 24.3 Å². The maximum Gasteiger partial charge on any atom is 0.442 e. The van der Waals surface area contributed by atoms with Gasteiger partial charge in [0.25, 0.3) is 0 Å². The van der Waals surface area contributed by atoms with E-state index in [1.165, 1.54) is 37.6 Å². The zero-order valence-corrected chi connectivity index (χ0v) is 16.7. The van der Waals surface area contributed by atoms with Crippen LogP contribution in [0.15, 0.2) is 59.2 Å². The summed E-state index contributed by atoms with van der Waals surface area (Å²) in [6.07, 6.45) is 0.149. The van der Waals surface area contributed by atoms with Crippen LogP contribution < -0.4 is 5.32 Å². The largest absolute Gasteiger partial charge is 0.467 e. The molecule has 0 fully saturated rings. The van der Waals surface area contributed by atoms with Gasteiger partial charge in [0.1, 0.15) is 6.04 Å². The highest BCUT2D eigenvalue weighted by Gasteiger charge is 2.65. The number of hydrogen-bond acceptors (Lipinski definition) is 7. The van der Waals surface area contributed by atoms with Crippen molar-refractivity contribution in [3.05, 3.63) is 65.7 Å². The van der Waals surface area contributed by atoms with E-state index in [1.807, 2.05) is 0 Å². The first-order chi connectivity index (χ1) is 15.2. The van der Waals surface area contributed by atoms with Crippen LogP contribution in [0.2, 0.25) is 0 Å². The molecular weight excluding hydrogens is 429 g/mol. The quantitative estimate of drug-likeness (QED) is 0.561. The van der Waals surface area contributed by atoms with Gasteiger partial charge in [-0.15, -0.1) is 10.2 Å². The number of nitrogens with zero attached hydrogens (tertiary/aromatic N) is 5. The zero-order chi connectivity index (χ0) is 22.9. The molecule has 1 aromatic carbocycles. The molecule has 1 aliphatic rings. The molecule has 1 aliphatic heterocycles. The number of carbonyl (C=O) groups is 2. The summed E-state index contributed by atoms with van der Waals surface area (Å²) >= 11 is 0. The average molecular weight is 446 g/mol. The van der Waals surface area contributed by atoms with Gasteiger partial charge >= 0.3 is 17.8 Å². The number of carbonyl (C=O) groups excluding carboxylic acids is 2. The zero-order valence-electron chi connectivity index (χ0n) is 16.7. The summed E-state index contributed by atoms with van der Waals surface area (Å²) in [6, 6.07) is 6.05. The fourth-order valence-corrected chi connectivity index (χ4v) is 3.30. The maximum atomic E-state index is 13.1. The van der Waals surface area contributed by atoms with E-state index >= 15 is 0 Å². The van der Waals surface area contributed by atoms with Gasteiger partial charge in [-0.2, -0.15) is 13.2 Å². The molecule has 32 heavy (non-hydrogen) atoms. The maximum absolute atomic E-state index is 13.1. The van der Waals surface area contributed by atoms with Crippen molar-refractivity contribution in [2.75, 3.05) is 7.11 Å². The fraction of sp³-hybridized carbons (Fsp3) is 0.300. The summed E-state index contributed by atoms with van der Waals surface area (Å²) < 4.78 is 45.8. The molecule has 1 amide bonds. The van der Waals surface area contributed by atoms with Crippen LogP contribution >= 0.6 is 0 Å². The van der Waals surface area contributed by atoms with Crippen LogP contribution in [0.25, 0.3) is 5.78 Å². The minimum absolute atomic E-state index is 0.0285. The molecule has 2 aromatic heterocycles. The third-order valence-electron chi connectivity index (χ3n) is 5.02. The first kappa shape index (κ1) is 21.4. The molecular formula is C20H17F3N6O3. The Kier molecular flexibility index (Phi) is 5.36. The number of alkyl halides is 3. The van der Waals surface area contributed by atoms with Crippen LogP contribution in [0.5, 0.6) is 0 Å². The van der Waals surface area contributed by atoms with Gasteiger partial charge in [-0.25, -0.2) is 14.8 Å². The van der Waals surface area contributed by atoms with E-state index in [1.54, 1.807) is 22.9 Å². The number of ether oxygens (including phenoxy) is 1. The molecule has 0 bridgehead atoms. The molecule has 0 saturated heterocycles. The molecule has 0 saturated carbocycles. The first-order valence-corrected chi connectivity index (χ1v) is 9.48. The van der Waals surface area contributed by atoms with Crippen molar-refractivity contribution < 1.29 is 27.5 Å². The molecule has 9 nitrogen and oxygen atoms in total. The molecule has 0 spiro atoms. The Balaban J connectivity index is 1.45. The molecule has 4 rings (SSSR count). The third kappa shape index (κ3) is 4.03. The predicted molar refractivity (Wildman–Crippen MR) is 103 cm³/mol. The van der Waals surface area contributed by atoms with Crippen molar-refractivity contribution in [2.24, 2.45) is 10.2 Å². The molecule has 0 aliphatic carbocycles. The van der Waals surface area contributed by atoms with Gasteiger partial charge in [0, 0.05) is 24.4 Å². The lowest BCUT2D eigenvalue weighted by molar-refractivity contribution is -0.166. The Morgan fingerprint density at radius 2 is 1.91 bits per heavy atom. The van der Waals surface area contributed by atoms with Crippen LogP contribution in [0.4, 0.5) is 13.2 Å². The van der Waals surface area contributed by atoms with Crippen molar-refractivity contribution in [3.63, 3.8) is 0 Å². The Bertz CT molecular complexity index is 1180. The number of nitrogens with one attached hydrogen (secondary N) is 1. The summed E-state index contributed by atoms with van der Waals surface area (Å²) in [5, 5.41) is 8.93. The second-order valence-electron chi connectivity index (χ2n) is 7.13. The molecule has 1 unspecified atom stereocenters. The second kappa shape index (κ2) is 8.02. The lowest BCUT2D eigenvalue weighted by Gasteiger charge is -2.18. The average Bonchev–Trinajstić information content (AvgIpc) is 3.50. The van der Waals surface area contributed by atoms with Crippen molar-refractivity contribution in [2.45, 2.75) is 30.7 Å². The van der Waals surface area contributed by atoms with E-state index in [9.17, 15) is 22.8 Å². The van der Waals surface area contributed by atoms with Crippen LogP contribution in [-0.4, -0.2) is 45.6 Å². The molecule has 1 N–H and O–H groups in total. The summed E-state index contributed by atoms with van der Waals surface area (Å²) in [5.41, 5.74) is -1.52. The van der Waals surface area contributed by atoms with E-state index in [4.69, 9.17) is 4.74 Å².